The number of hydrogen-bond acceptors (Lipinski definition) is 2. The number of pyridine rings is 1. The monoisotopic (exact) mass is 374 g/mol. The molecule has 140 valence electrons. The fraction of sp³-hybridized carbons (Fsp3) is 0.111. The lowest BCUT2D eigenvalue weighted by atomic mass is 9.93. The van der Waals surface area contributed by atoms with Gasteiger partial charge in [-0.1, -0.05) is 89.5 Å². The third-order valence-corrected chi connectivity index (χ3v) is 5.17. The molecule has 2 heteroatoms. The summed E-state index contributed by atoms with van der Waals surface area (Å²) in [6.45, 7) is 6.20. The van der Waals surface area contributed by atoms with Gasteiger partial charge in [0.2, 0.25) is 0 Å². The summed E-state index contributed by atoms with van der Waals surface area (Å²) < 4.78 is 0. The second-order valence-electron chi connectivity index (χ2n) is 7.49. The van der Waals surface area contributed by atoms with Gasteiger partial charge in [-0.25, -0.2) is 4.98 Å². The number of rotatable bonds is 3. The first-order valence-electron chi connectivity index (χ1n) is 9.71. The molecule has 0 unspecified atom stereocenters. The highest BCUT2D eigenvalue weighted by Crippen LogP contribution is 2.34. The third kappa shape index (κ3) is 3.81. The molecule has 29 heavy (non-hydrogen) atoms. The highest BCUT2D eigenvalue weighted by atomic mass is 14.7. The smallest absolute Gasteiger partial charge is 0.102 e. The standard InChI is InChI=1S/C27H22N2/c1-18-4-10-21(11-5-18)24-16-26(22-12-6-19(2)7-13-22)29-27(25(24)17-28)23-14-8-20(3)9-15-23/h4-16H,1-3H3. The number of benzene rings is 3. The molecule has 1 heterocycles. The van der Waals surface area contributed by atoms with E-state index >= 15 is 0 Å². The van der Waals surface area contributed by atoms with Gasteiger partial charge in [-0.2, -0.15) is 5.26 Å². The van der Waals surface area contributed by atoms with Crippen LogP contribution in [0, 0.1) is 32.1 Å². The quantitative estimate of drug-likeness (QED) is 0.392. The van der Waals surface area contributed by atoms with Crippen LogP contribution in [0.2, 0.25) is 0 Å². The number of aryl methyl sites for hydroxylation is 3. The molecule has 0 N–H and O–H groups in total. The van der Waals surface area contributed by atoms with Crippen molar-refractivity contribution < 1.29 is 0 Å². The Morgan fingerprint density at radius 1 is 0.621 bits per heavy atom. The lowest BCUT2D eigenvalue weighted by molar-refractivity contribution is 1.29. The van der Waals surface area contributed by atoms with Gasteiger partial charge in [-0.15, -0.1) is 0 Å². The van der Waals surface area contributed by atoms with Gasteiger partial charge in [0, 0.05) is 16.7 Å². The topological polar surface area (TPSA) is 36.7 Å². The number of nitriles is 1. The molecular formula is C27H22N2. The number of aromatic nitrogens is 1. The average Bonchev–Trinajstić information content (AvgIpc) is 2.74. The second kappa shape index (κ2) is 7.73. The van der Waals surface area contributed by atoms with Crippen molar-refractivity contribution in [2.45, 2.75) is 20.8 Å². The maximum Gasteiger partial charge on any atom is 0.102 e. The minimum Gasteiger partial charge on any atom is -0.246 e. The summed E-state index contributed by atoms with van der Waals surface area (Å²) in [5, 5.41) is 10.0. The second-order valence-corrected chi connectivity index (χ2v) is 7.49. The van der Waals surface area contributed by atoms with Crippen LogP contribution in [0.4, 0.5) is 0 Å². The molecule has 1 aromatic heterocycles. The first-order valence-corrected chi connectivity index (χ1v) is 9.71. The summed E-state index contributed by atoms with van der Waals surface area (Å²) in [7, 11) is 0. The Kier molecular flexibility index (Phi) is 4.97. The zero-order valence-electron chi connectivity index (χ0n) is 16.9. The summed E-state index contributed by atoms with van der Waals surface area (Å²) >= 11 is 0. The van der Waals surface area contributed by atoms with E-state index in [1.807, 2.05) is 18.2 Å². The van der Waals surface area contributed by atoms with Crippen molar-refractivity contribution in [1.82, 2.24) is 4.98 Å². The van der Waals surface area contributed by atoms with Crippen LogP contribution in [0.25, 0.3) is 33.6 Å². The summed E-state index contributed by atoms with van der Waals surface area (Å²) in [6, 6.07) is 29.3. The van der Waals surface area contributed by atoms with Crippen LogP contribution in [-0.4, -0.2) is 4.98 Å². The fourth-order valence-electron chi connectivity index (χ4n) is 3.41. The van der Waals surface area contributed by atoms with Gasteiger partial charge in [-0.3, -0.25) is 0 Å². The van der Waals surface area contributed by atoms with Gasteiger partial charge in [-0.05, 0) is 32.4 Å². The van der Waals surface area contributed by atoms with E-state index < -0.39 is 0 Å². The van der Waals surface area contributed by atoms with Crippen molar-refractivity contribution in [1.29, 1.82) is 5.26 Å². The normalized spacial score (nSPS) is 10.6. The van der Waals surface area contributed by atoms with Gasteiger partial charge in [0.1, 0.15) is 6.07 Å². The molecule has 0 fully saturated rings. The predicted molar refractivity (Wildman–Crippen MR) is 119 cm³/mol. The van der Waals surface area contributed by atoms with Gasteiger partial charge < -0.3 is 0 Å². The molecule has 0 radical (unpaired) electrons. The molecule has 2 nitrogen and oxygen atoms in total. The molecule has 0 aliphatic carbocycles. The summed E-state index contributed by atoms with van der Waals surface area (Å²) in [6.07, 6.45) is 0. The predicted octanol–water partition coefficient (Wildman–Crippen LogP) is 6.88. The zero-order chi connectivity index (χ0) is 20.4. The molecule has 0 bridgehead atoms. The minimum absolute atomic E-state index is 0.605. The van der Waals surface area contributed by atoms with Crippen LogP contribution in [0.5, 0.6) is 0 Å². The van der Waals surface area contributed by atoms with Crippen LogP contribution in [0.1, 0.15) is 22.3 Å². The van der Waals surface area contributed by atoms with Crippen LogP contribution in [0.3, 0.4) is 0 Å². The molecule has 0 aliphatic rings. The van der Waals surface area contributed by atoms with Crippen LogP contribution in [0.15, 0.2) is 78.9 Å². The zero-order valence-corrected chi connectivity index (χ0v) is 16.9. The summed E-state index contributed by atoms with van der Waals surface area (Å²) in [5.74, 6) is 0. The van der Waals surface area contributed by atoms with Crippen molar-refractivity contribution in [3.63, 3.8) is 0 Å². The molecule has 0 saturated heterocycles. The fourth-order valence-corrected chi connectivity index (χ4v) is 3.41. The lowest BCUT2D eigenvalue weighted by Crippen LogP contribution is -1.97. The molecule has 0 saturated carbocycles. The highest BCUT2D eigenvalue weighted by Gasteiger charge is 2.16. The van der Waals surface area contributed by atoms with Crippen molar-refractivity contribution >= 4 is 0 Å². The Bertz CT molecular complexity index is 1130. The molecule has 0 aliphatic heterocycles. The van der Waals surface area contributed by atoms with Crippen molar-refractivity contribution in [3.05, 3.63) is 101 Å². The maximum absolute atomic E-state index is 10.0. The average molecular weight is 374 g/mol. The van der Waals surface area contributed by atoms with Crippen molar-refractivity contribution in [2.24, 2.45) is 0 Å². The lowest BCUT2D eigenvalue weighted by Gasteiger charge is -2.14. The van der Waals surface area contributed by atoms with E-state index in [1.54, 1.807) is 0 Å². The van der Waals surface area contributed by atoms with Crippen LogP contribution in [-0.2, 0) is 0 Å². The number of hydrogen-bond donors (Lipinski definition) is 0. The van der Waals surface area contributed by atoms with Crippen LogP contribution < -0.4 is 0 Å². The Balaban J connectivity index is 2.00. The van der Waals surface area contributed by atoms with Crippen molar-refractivity contribution in [2.75, 3.05) is 0 Å². The molecule has 0 atom stereocenters. The van der Waals surface area contributed by atoms with E-state index in [1.165, 1.54) is 16.7 Å². The Morgan fingerprint density at radius 3 is 1.55 bits per heavy atom. The number of nitrogens with zero attached hydrogens (tertiary/aromatic N) is 2. The van der Waals surface area contributed by atoms with Gasteiger partial charge >= 0.3 is 0 Å². The first kappa shape index (κ1) is 18.7. The molecule has 0 amide bonds. The van der Waals surface area contributed by atoms with E-state index in [0.717, 1.165) is 33.6 Å². The van der Waals surface area contributed by atoms with E-state index in [4.69, 9.17) is 4.98 Å². The van der Waals surface area contributed by atoms with Crippen molar-refractivity contribution in [3.8, 4) is 39.7 Å². The Labute approximate surface area is 172 Å². The summed E-state index contributed by atoms with van der Waals surface area (Å²) in [5.41, 5.74) is 9.71. The van der Waals surface area contributed by atoms with Gasteiger partial charge in [0.15, 0.2) is 0 Å². The molecule has 0 spiro atoms. The molecule has 4 aromatic rings. The Morgan fingerprint density at radius 2 is 1.07 bits per heavy atom. The van der Waals surface area contributed by atoms with E-state index in [2.05, 4.69) is 87.5 Å². The van der Waals surface area contributed by atoms with E-state index in [0.29, 0.717) is 5.56 Å². The Hall–Kier alpha value is -3.70. The maximum atomic E-state index is 10.0. The van der Waals surface area contributed by atoms with Gasteiger partial charge in [0.05, 0.1) is 17.0 Å². The SMILES string of the molecule is Cc1ccc(-c2cc(-c3ccc(C)cc3)c(C#N)c(-c3ccc(C)cc3)n2)cc1. The minimum atomic E-state index is 0.605. The first-order chi connectivity index (χ1) is 14.0. The molecule has 3 aromatic carbocycles. The highest BCUT2D eigenvalue weighted by molar-refractivity contribution is 5.83. The van der Waals surface area contributed by atoms with E-state index in [9.17, 15) is 5.26 Å². The summed E-state index contributed by atoms with van der Waals surface area (Å²) in [4.78, 5) is 4.92. The third-order valence-electron chi connectivity index (χ3n) is 5.17. The largest absolute Gasteiger partial charge is 0.246 e. The molecule has 4 rings (SSSR count). The van der Waals surface area contributed by atoms with Crippen LogP contribution >= 0.6 is 0 Å². The van der Waals surface area contributed by atoms with E-state index in [-0.39, 0.29) is 0 Å². The molecular weight excluding hydrogens is 352 g/mol. The van der Waals surface area contributed by atoms with Gasteiger partial charge in [0.25, 0.3) is 0 Å².